The zero-order valence-electron chi connectivity index (χ0n) is 8.81. The molecule has 1 atom stereocenters. The predicted octanol–water partition coefficient (Wildman–Crippen LogP) is 3.93. The maximum absolute atomic E-state index is 13.7. The number of ether oxygens (including phenoxy) is 1. The van der Waals surface area contributed by atoms with Crippen LogP contribution in [0.2, 0.25) is 0 Å². The highest BCUT2D eigenvalue weighted by Gasteiger charge is 2.34. The van der Waals surface area contributed by atoms with Crippen LogP contribution < -0.4 is 0 Å². The topological polar surface area (TPSA) is 9.23 Å². The quantitative estimate of drug-likeness (QED) is 0.749. The Labute approximate surface area is 112 Å². The van der Waals surface area contributed by atoms with Crippen LogP contribution in [-0.2, 0) is 11.2 Å². The van der Waals surface area contributed by atoms with Crippen molar-refractivity contribution in [2.75, 3.05) is 18.5 Å². The van der Waals surface area contributed by atoms with Gasteiger partial charge in [0.05, 0.1) is 6.61 Å². The van der Waals surface area contributed by atoms with Crippen LogP contribution in [0.5, 0.6) is 0 Å². The molecule has 16 heavy (non-hydrogen) atoms. The Hall–Kier alpha value is 0.0700. The van der Waals surface area contributed by atoms with Crippen molar-refractivity contribution in [3.05, 3.63) is 34.1 Å². The first-order chi connectivity index (χ1) is 7.65. The number of benzene rings is 1. The molecule has 2 rings (SSSR count). The molecule has 0 bridgehead atoms. The Bertz CT molecular complexity index is 375. The normalized spacial score (nSPS) is 24.9. The van der Waals surface area contributed by atoms with E-state index in [1.165, 1.54) is 6.07 Å². The van der Waals surface area contributed by atoms with Gasteiger partial charge in [-0.3, -0.25) is 0 Å². The van der Waals surface area contributed by atoms with Gasteiger partial charge in [-0.2, -0.15) is 0 Å². The van der Waals surface area contributed by atoms with Gasteiger partial charge in [-0.05, 0) is 36.6 Å². The van der Waals surface area contributed by atoms with E-state index in [1.807, 2.05) is 6.07 Å². The summed E-state index contributed by atoms with van der Waals surface area (Å²) in [6.07, 6.45) is 1.72. The third-order valence-corrected chi connectivity index (χ3v) is 4.72. The lowest BCUT2D eigenvalue weighted by Gasteiger charge is -2.25. The van der Waals surface area contributed by atoms with Crippen LogP contribution >= 0.6 is 31.9 Å². The van der Waals surface area contributed by atoms with Gasteiger partial charge >= 0.3 is 0 Å². The summed E-state index contributed by atoms with van der Waals surface area (Å²) in [5, 5.41) is 0.853. The Balaban J connectivity index is 2.21. The molecular weight excluding hydrogens is 339 g/mol. The summed E-state index contributed by atoms with van der Waals surface area (Å²) >= 11 is 6.90. The average molecular weight is 352 g/mol. The number of hydrogen-bond donors (Lipinski definition) is 0. The highest BCUT2D eigenvalue weighted by atomic mass is 79.9. The zero-order chi connectivity index (χ0) is 11.6. The molecule has 0 N–H and O–H groups in total. The van der Waals surface area contributed by atoms with Crippen LogP contribution in [0.1, 0.15) is 12.0 Å². The Morgan fingerprint density at radius 1 is 1.44 bits per heavy atom. The Morgan fingerprint density at radius 3 is 2.88 bits per heavy atom. The molecule has 1 saturated heterocycles. The molecule has 1 heterocycles. The van der Waals surface area contributed by atoms with Crippen molar-refractivity contribution >= 4 is 31.9 Å². The molecule has 0 radical (unpaired) electrons. The number of halogens is 3. The van der Waals surface area contributed by atoms with E-state index < -0.39 is 0 Å². The molecule has 0 amide bonds. The van der Waals surface area contributed by atoms with Crippen molar-refractivity contribution in [1.29, 1.82) is 0 Å². The van der Waals surface area contributed by atoms with Crippen LogP contribution in [0, 0.1) is 11.2 Å². The maximum Gasteiger partial charge on any atom is 0.126 e. The molecule has 1 unspecified atom stereocenters. The first-order valence-electron chi connectivity index (χ1n) is 5.23. The first-order valence-corrected chi connectivity index (χ1v) is 7.14. The predicted molar refractivity (Wildman–Crippen MR) is 69.5 cm³/mol. The van der Waals surface area contributed by atoms with Crippen LogP contribution in [0.4, 0.5) is 4.39 Å². The molecule has 0 saturated carbocycles. The van der Waals surface area contributed by atoms with Crippen molar-refractivity contribution in [2.45, 2.75) is 12.8 Å². The molecule has 1 nitrogen and oxygen atoms in total. The fraction of sp³-hybridized carbons (Fsp3) is 0.500. The lowest BCUT2D eigenvalue weighted by atomic mass is 9.83. The Kier molecular flexibility index (Phi) is 4.03. The maximum atomic E-state index is 13.7. The summed E-state index contributed by atoms with van der Waals surface area (Å²) in [6, 6.07) is 5.10. The van der Waals surface area contributed by atoms with Gasteiger partial charge < -0.3 is 4.74 Å². The summed E-state index contributed by atoms with van der Waals surface area (Å²) in [5.74, 6) is -0.129. The summed E-state index contributed by atoms with van der Waals surface area (Å²) in [5.41, 5.74) is 0.820. The van der Waals surface area contributed by atoms with E-state index in [0.717, 1.165) is 34.8 Å². The lowest BCUT2D eigenvalue weighted by molar-refractivity contribution is 0.161. The lowest BCUT2D eigenvalue weighted by Crippen LogP contribution is -2.26. The molecular formula is C12H13Br2FO. The molecule has 88 valence electrons. The second-order valence-corrected chi connectivity index (χ2v) is 5.83. The SMILES string of the molecule is Fc1ccc(Br)cc1CC1(CBr)CCOC1. The third-order valence-electron chi connectivity index (χ3n) is 3.04. The summed E-state index contributed by atoms with van der Waals surface area (Å²) in [7, 11) is 0. The molecule has 0 spiro atoms. The van der Waals surface area contributed by atoms with Gasteiger partial charge in [0, 0.05) is 21.8 Å². The van der Waals surface area contributed by atoms with Crippen molar-refractivity contribution in [3.8, 4) is 0 Å². The summed E-state index contributed by atoms with van der Waals surface area (Å²) in [6.45, 7) is 1.49. The number of hydrogen-bond acceptors (Lipinski definition) is 1. The van der Waals surface area contributed by atoms with E-state index in [4.69, 9.17) is 4.74 Å². The molecule has 1 fully saturated rings. The van der Waals surface area contributed by atoms with Gasteiger partial charge in [-0.1, -0.05) is 31.9 Å². The molecule has 4 heteroatoms. The number of rotatable bonds is 3. The Morgan fingerprint density at radius 2 is 2.25 bits per heavy atom. The van der Waals surface area contributed by atoms with E-state index in [0.29, 0.717) is 6.61 Å². The fourth-order valence-electron chi connectivity index (χ4n) is 2.02. The highest BCUT2D eigenvalue weighted by Crippen LogP contribution is 2.35. The van der Waals surface area contributed by atoms with E-state index in [2.05, 4.69) is 31.9 Å². The van der Waals surface area contributed by atoms with Crippen LogP contribution in [0.3, 0.4) is 0 Å². The zero-order valence-corrected chi connectivity index (χ0v) is 12.0. The highest BCUT2D eigenvalue weighted by molar-refractivity contribution is 9.10. The van der Waals surface area contributed by atoms with Crippen molar-refractivity contribution in [2.24, 2.45) is 5.41 Å². The second kappa shape index (κ2) is 5.15. The van der Waals surface area contributed by atoms with E-state index in [9.17, 15) is 4.39 Å². The fourth-order valence-corrected chi connectivity index (χ4v) is 3.07. The van der Waals surface area contributed by atoms with Crippen LogP contribution in [-0.4, -0.2) is 18.5 Å². The smallest absolute Gasteiger partial charge is 0.126 e. The molecule has 1 aromatic rings. The van der Waals surface area contributed by atoms with E-state index >= 15 is 0 Å². The third kappa shape index (κ3) is 2.66. The molecule has 0 aromatic heterocycles. The molecule has 1 aliphatic rings. The summed E-state index contributed by atoms with van der Waals surface area (Å²) < 4.78 is 20.0. The van der Waals surface area contributed by atoms with Crippen molar-refractivity contribution in [3.63, 3.8) is 0 Å². The van der Waals surface area contributed by atoms with Gasteiger partial charge in [-0.15, -0.1) is 0 Å². The van der Waals surface area contributed by atoms with Gasteiger partial charge in [0.25, 0.3) is 0 Å². The van der Waals surface area contributed by atoms with Crippen LogP contribution in [0.25, 0.3) is 0 Å². The standard InChI is InChI=1S/C12H13Br2FO/c13-7-12(3-4-16-8-12)6-9-5-10(14)1-2-11(9)15/h1-2,5H,3-4,6-8H2. The minimum atomic E-state index is -0.129. The van der Waals surface area contributed by atoms with Gasteiger partial charge in [-0.25, -0.2) is 4.39 Å². The minimum absolute atomic E-state index is 0.0572. The van der Waals surface area contributed by atoms with Crippen molar-refractivity contribution in [1.82, 2.24) is 0 Å². The number of alkyl halides is 1. The summed E-state index contributed by atoms with van der Waals surface area (Å²) in [4.78, 5) is 0. The molecule has 1 aromatic carbocycles. The largest absolute Gasteiger partial charge is 0.381 e. The van der Waals surface area contributed by atoms with E-state index in [-0.39, 0.29) is 11.2 Å². The van der Waals surface area contributed by atoms with Gasteiger partial charge in [0.1, 0.15) is 5.82 Å². The molecule has 0 aliphatic carbocycles. The first kappa shape index (κ1) is 12.5. The van der Waals surface area contributed by atoms with Crippen molar-refractivity contribution < 1.29 is 9.13 Å². The monoisotopic (exact) mass is 350 g/mol. The second-order valence-electron chi connectivity index (χ2n) is 4.35. The minimum Gasteiger partial charge on any atom is -0.381 e. The molecule has 1 aliphatic heterocycles. The van der Waals surface area contributed by atoms with Crippen LogP contribution in [0.15, 0.2) is 22.7 Å². The van der Waals surface area contributed by atoms with Gasteiger partial charge in [0.15, 0.2) is 0 Å². The average Bonchev–Trinajstić information content (AvgIpc) is 2.73. The van der Waals surface area contributed by atoms with E-state index in [1.54, 1.807) is 6.07 Å². The van der Waals surface area contributed by atoms with Gasteiger partial charge in [0.2, 0.25) is 0 Å².